The highest BCUT2D eigenvalue weighted by molar-refractivity contribution is 7.16. The molecule has 1 saturated carbocycles. The van der Waals surface area contributed by atoms with Crippen LogP contribution in [-0.4, -0.2) is 30.2 Å². The lowest BCUT2D eigenvalue weighted by molar-refractivity contribution is -0.148. The van der Waals surface area contributed by atoms with E-state index in [1.807, 2.05) is 12.1 Å². The summed E-state index contributed by atoms with van der Waals surface area (Å²) in [6.07, 6.45) is 3.81. The molecule has 3 N–H and O–H groups in total. The zero-order chi connectivity index (χ0) is 15.3. The van der Waals surface area contributed by atoms with E-state index < -0.39 is 11.4 Å². The summed E-state index contributed by atoms with van der Waals surface area (Å²) in [6.45, 7) is 0.696. The number of halogens is 1. The van der Waals surface area contributed by atoms with Gasteiger partial charge in [-0.3, -0.25) is 4.79 Å². The van der Waals surface area contributed by atoms with Gasteiger partial charge in [-0.15, -0.1) is 11.3 Å². The summed E-state index contributed by atoms with van der Waals surface area (Å²) in [4.78, 5) is 24.2. The number of carboxylic acid groups (broad SMARTS) is 1. The molecule has 1 aliphatic rings. The van der Waals surface area contributed by atoms with Crippen molar-refractivity contribution in [2.75, 3.05) is 13.1 Å². The SMILES string of the molecule is O=C(NCCc1ccc(Cl)s1)NCC1(C(=O)O)CCCC1. The molecular formula is C14H19ClN2O3S. The first-order valence-electron chi connectivity index (χ1n) is 7.01. The minimum absolute atomic E-state index is 0.193. The standard InChI is InChI=1S/C14H19ClN2O3S/c15-11-4-3-10(21-11)5-8-16-13(20)17-9-14(12(18)19)6-1-2-7-14/h3-4H,1-2,5-9H2,(H,18,19)(H2,16,17,20). The van der Waals surface area contributed by atoms with Crippen molar-refractivity contribution in [3.8, 4) is 0 Å². The fraction of sp³-hybridized carbons (Fsp3) is 0.571. The zero-order valence-electron chi connectivity index (χ0n) is 11.7. The second-order valence-electron chi connectivity index (χ2n) is 5.36. The van der Waals surface area contributed by atoms with E-state index in [4.69, 9.17) is 11.6 Å². The number of carboxylic acids is 1. The molecule has 0 radical (unpaired) electrons. The van der Waals surface area contributed by atoms with Crippen LogP contribution in [0.4, 0.5) is 4.79 Å². The lowest BCUT2D eigenvalue weighted by Crippen LogP contribution is -2.45. The summed E-state index contributed by atoms with van der Waals surface area (Å²) in [5.41, 5.74) is -0.779. The molecule has 0 unspecified atom stereocenters. The Hall–Kier alpha value is -1.27. The van der Waals surface area contributed by atoms with E-state index in [0.717, 1.165) is 28.5 Å². The fourth-order valence-electron chi connectivity index (χ4n) is 2.62. The third kappa shape index (κ3) is 4.35. The van der Waals surface area contributed by atoms with Crippen LogP contribution in [0.5, 0.6) is 0 Å². The smallest absolute Gasteiger partial charge is 0.314 e. The molecule has 0 atom stereocenters. The van der Waals surface area contributed by atoms with E-state index in [-0.39, 0.29) is 12.6 Å². The molecule has 1 heterocycles. The molecule has 21 heavy (non-hydrogen) atoms. The molecule has 1 fully saturated rings. The summed E-state index contributed by atoms with van der Waals surface area (Å²) < 4.78 is 0.735. The third-order valence-electron chi connectivity index (χ3n) is 3.89. The summed E-state index contributed by atoms with van der Waals surface area (Å²) in [5, 5.41) is 14.7. The number of hydrogen-bond acceptors (Lipinski definition) is 3. The number of thiophene rings is 1. The molecule has 0 spiro atoms. The summed E-state index contributed by atoms with van der Waals surface area (Å²) >= 11 is 7.32. The van der Waals surface area contributed by atoms with Crippen molar-refractivity contribution in [1.82, 2.24) is 10.6 Å². The Balaban J connectivity index is 1.71. The van der Waals surface area contributed by atoms with Crippen molar-refractivity contribution >= 4 is 34.9 Å². The highest BCUT2D eigenvalue weighted by Crippen LogP contribution is 2.37. The fourth-order valence-corrected chi connectivity index (χ4v) is 3.70. The number of urea groups is 1. The molecule has 0 bridgehead atoms. The van der Waals surface area contributed by atoms with Gasteiger partial charge in [0, 0.05) is 18.0 Å². The topological polar surface area (TPSA) is 78.4 Å². The largest absolute Gasteiger partial charge is 0.481 e. The minimum Gasteiger partial charge on any atom is -0.481 e. The Morgan fingerprint density at radius 1 is 1.29 bits per heavy atom. The van der Waals surface area contributed by atoms with Crippen molar-refractivity contribution < 1.29 is 14.7 Å². The Morgan fingerprint density at radius 2 is 2.00 bits per heavy atom. The van der Waals surface area contributed by atoms with Crippen LogP contribution in [0, 0.1) is 5.41 Å². The predicted molar refractivity (Wildman–Crippen MR) is 83.0 cm³/mol. The van der Waals surface area contributed by atoms with E-state index in [1.54, 1.807) is 0 Å². The maximum absolute atomic E-state index is 11.7. The Morgan fingerprint density at radius 3 is 2.57 bits per heavy atom. The number of hydrogen-bond donors (Lipinski definition) is 3. The highest BCUT2D eigenvalue weighted by Gasteiger charge is 2.41. The lowest BCUT2D eigenvalue weighted by Gasteiger charge is -2.23. The highest BCUT2D eigenvalue weighted by atomic mass is 35.5. The van der Waals surface area contributed by atoms with Crippen LogP contribution in [-0.2, 0) is 11.2 Å². The van der Waals surface area contributed by atoms with Gasteiger partial charge in [-0.1, -0.05) is 24.4 Å². The first kappa shape index (κ1) is 16.1. The van der Waals surface area contributed by atoms with Gasteiger partial charge in [0.1, 0.15) is 0 Å². The van der Waals surface area contributed by atoms with Gasteiger partial charge in [-0.2, -0.15) is 0 Å². The second kappa shape index (κ2) is 7.13. The normalized spacial score (nSPS) is 16.6. The summed E-state index contributed by atoms with van der Waals surface area (Å²) in [5.74, 6) is -0.812. The first-order valence-corrected chi connectivity index (χ1v) is 8.21. The summed E-state index contributed by atoms with van der Waals surface area (Å²) in [7, 11) is 0. The molecule has 0 aromatic carbocycles. The average Bonchev–Trinajstić information content (AvgIpc) is 3.06. The van der Waals surface area contributed by atoms with E-state index in [2.05, 4.69) is 10.6 Å². The number of rotatable bonds is 6. The van der Waals surface area contributed by atoms with Gasteiger partial charge in [0.05, 0.1) is 9.75 Å². The third-order valence-corrected chi connectivity index (χ3v) is 5.18. The minimum atomic E-state index is -0.812. The van der Waals surface area contributed by atoms with Gasteiger partial charge in [0.25, 0.3) is 0 Å². The second-order valence-corrected chi connectivity index (χ2v) is 7.16. The molecule has 1 aliphatic carbocycles. The first-order chi connectivity index (χ1) is 10.0. The van der Waals surface area contributed by atoms with Crippen LogP contribution < -0.4 is 10.6 Å². The van der Waals surface area contributed by atoms with Gasteiger partial charge in [-0.25, -0.2) is 4.79 Å². The average molecular weight is 331 g/mol. The van der Waals surface area contributed by atoms with E-state index in [9.17, 15) is 14.7 Å². The molecular weight excluding hydrogens is 312 g/mol. The maximum atomic E-state index is 11.7. The summed E-state index contributed by atoms with van der Waals surface area (Å²) in [6, 6.07) is 3.45. The molecule has 1 aromatic rings. The zero-order valence-corrected chi connectivity index (χ0v) is 13.2. The van der Waals surface area contributed by atoms with E-state index in [1.165, 1.54) is 11.3 Å². The lowest BCUT2D eigenvalue weighted by atomic mass is 9.86. The Kier molecular flexibility index (Phi) is 5.47. The van der Waals surface area contributed by atoms with Gasteiger partial charge in [0.15, 0.2) is 0 Å². The van der Waals surface area contributed by atoms with Crippen molar-refractivity contribution in [3.05, 3.63) is 21.3 Å². The van der Waals surface area contributed by atoms with Gasteiger partial charge >= 0.3 is 12.0 Å². The molecule has 5 nitrogen and oxygen atoms in total. The molecule has 7 heteroatoms. The van der Waals surface area contributed by atoms with Crippen LogP contribution in [0.2, 0.25) is 4.34 Å². The van der Waals surface area contributed by atoms with Crippen LogP contribution in [0.1, 0.15) is 30.6 Å². The van der Waals surface area contributed by atoms with Crippen LogP contribution in [0.3, 0.4) is 0 Å². The molecule has 0 saturated heterocycles. The number of amides is 2. The number of nitrogens with one attached hydrogen (secondary N) is 2. The van der Waals surface area contributed by atoms with Crippen molar-refractivity contribution in [3.63, 3.8) is 0 Å². The van der Waals surface area contributed by atoms with Crippen molar-refractivity contribution in [2.45, 2.75) is 32.1 Å². The van der Waals surface area contributed by atoms with Gasteiger partial charge in [-0.05, 0) is 31.4 Å². The number of carbonyl (C=O) groups excluding carboxylic acids is 1. The quantitative estimate of drug-likeness (QED) is 0.750. The van der Waals surface area contributed by atoms with Gasteiger partial charge in [0.2, 0.25) is 0 Å². The van der Waals surface area contributed by atoms with Crippen molar-refractivity contribution in [2.24, 2.45) is 5.41 Å². The van der Waals surface area contributed by atoms with E-state index in [0.29, 0.717) is 19.4 Å². The predicted octanol–water partition coefficient (Wildman–Crippen LogP) is 2.89. The maximum Gasteiger partial charge on any atom is 0.314 e. The Bertz CT molecular complexity index is 512. The van der Waals surface area contributed by atoms with Crippen molar-refractivity contribution in [1.29, 1.82) is 0 Å². The Labute approximate surface area is 132 Å². The number of carbonyl (C=O) groups is 2. The monoisotopic (exact) mass is 330 g/mol. The van der Waals surface area contributed by atoms with Crippen LogP contribution >= 0.6 is 22.9 Å². The molecule has 2 rings (SSSR count). The van der Waals surface area contributed by atoms with Gasteiger partial charge < -0.3 is 15.7 Å². The number of aliphatic carboxylic acids is 1. The molecule has 0 aliphatic heterocycles. The van der Waals surface area contributed by atoms with E-state index >= 15 is 0 Å². The van der Waals surface area contributed by atoms with Crippen LogP contribution in [0.25, 0.3) is 0 Å². The molecule has 1 aromatic heterocycles. The van der Waals surface area contributed by atoms with Crippen LogP contribution in [0.15, 0.2) is 12.1 Å². The molecule has 116 valence electrons. The molecule has 2 amide bonds.